The summed E-state index contributed by atoms with van der Waals surface area (Å²) in [5.74, 6) is 0. The molecule has 0 heterocycles. The molecule has 184 valence electrons. The molecule has 1 rings (SSSR count). The molecule has 0 spiro atoms. The maximum absolute atomic E-state index is 13.5. The van der Waals surface area contributed by atoms with Crippen molar-refractivity contribution in [1.29, 1.82) is 0 Å². The van der Waals surface area contributed by atoms with E-state index < -0.39 is 26.4 Å². The number of nitrogens with one attached hydrogen (secondary N) is 1. The second kappa shape index (κ2) is 14.1. The lowest BCUT2D eigenvalue weighted by Crippen LogP contribution is -2.35. The molecule has 1 aromatic carbocycles. The van der Waals surface area contributed by atoms with E-state index in [1.165, 1.54) is 0 Å². The lowest BCUT2D eigenvalue weighted by molar-refractivity contribution is 0.0761. The first-order valence-corrected chi connectivity index (χ1v) is 13.8. The van der Waals surface area contributed by atoms with Crippen LogP contribution in [-0.2, 0) is 38.6 Å². The third kappa shape index (κ3) is 7.66. The van der Waals surface area contributed by atoms with Gasteiger partial charge in [-0.1, -0.05) is 30.3 Å². The molecule has 0 atom stereocenters. The summed E-state index contributed by atoms with van der Waals surface area (Å²) >= 11 is 0. The molecule has 1 amide bonds. The Morgan fingerprint density at radius 3 is 1.81 bits per heavy atom. The quantitative estimate of drug-likeness (QED) is 0.244. The molecular weight excluding hydrogens is 460 g/mol. The average molecular weight is 495 g/mol. The van der Waals surface area contributed by atoms with Gasteiger partial charge in [-0.2, -0.15) is 0 Å². The molecule has 0 saturated carbocycles. The van der Waals surface area contributed by atoms with Gasteiger partial charge in [0, 0.05) is 13.0 Å². The predicted octanol–water partition coefficient (Wildman–Crippen LogP) is 4.87. The number of alkyl carbamates (subject to hydrolysis) is 1. The Balaban J connectivity index is 2.88. The average Bonchev–Trinajstić information content (AvgIpc) is 2.76. The van der Waals surface area contributed by atoms with Gasteiger partial charge in [0.25, 0.3) is 5.08 Å². The highest BCUT2D eigenvalue weighted by Gasteiger charge is 2.64. The first-order chi connectivity index (χ1) is 15.2. The zero-order chi connectivity index (χ0) is 24.1. The normalized spacial score (nSPS) is 12.5. The van der Waals surface area contributed by atoms with E-state index in [4.69, 9.17) is 22.8 Å². The monoisotopic (exact) mass is 495 g/mol. The van der Waals surface area contributed by atoms with Crippen LogP contribution < -0.4 is 5.32 Å². The van der Waals surface area contributed by atoms with E-state index >= 15 is 0 Å². The minimum atomic E-state index is -4.34. The van der Waals surface area contributed by atoms with Crippen molar-refractivity contribution < 1.29 is 41.9 Å². The number of ether oxygens (including phenoxy) is 1. The minimum Gasteiger partial charge on any atom is -0.445 e. The Bertz CT molecular complexity index is 726. The SMILES string of the molecule is CCOP(=O)(OCC)C(O)(CCCNC(=O)OCc1ccccc1)P(=O)(OCC)OCC. The summed E-state index contributed by atoms with van der Waals surface area (Å²) in [7, 11) is -8.68. The van der Waals surface area contributed by atoms with Gasteiger partial charge in [0.1, 0.15) is 6.61 Å². The summed E-state index contributed by atoms with van der Waals surface area (Å²) in [5.41, 5.74) is 0.834. The second-order valence-electron chi connectivity index (χ2n) is 6.53. The number of carbonyl (C=O) groups excluding carboxylic acids is 1. The number of rotatable bonds is 16. The Kier molecular flexibility index (Phi) is 12.7. The highest BCUT2D eigenvalue weighted by Crippen LogP contribution is 2.78. The second-order valence-corrected chi connectivity index (χ2v) is 11.4. The van der Waals surface area contributed by atoms with Crippen LogP contribution in [-0.4, -0.2) is 49.3 Å². The Hall–Kier alpha value is -1.25. The minimum absolute atomic E-state index is 0.0480. The van der Waals surface area contributed by atoms with Crippen molar-refractivity contribution in [3.63, 3.8) is 0 Å². The number of benzene rings is 1. The van der Waals surface area contributed by atoms with E-state index in [0.717, 1.165) is 5.56 Å². The van der Waals surface area contributed by atoms with Gasteiger partial charge in [-0.3, -0.25) is 9.13 Å². The lowest BCUT2D eigenvalue weighted by atomic mass is 10.2. The summed E-state index contributed by atoms with van der Waals surface area (Å²) in [6.45, 7) is 6.22. The van der Waals surface area contributed by atoms with Gasteiger partial charge in [-0.05, 0) is 39.7 Å². The van der Waals surface area contributed by atoms with Gasteiger partial charge in [0.2, 0.25) is 0 Å². The molecule has 0 bridgehead atoms. The molecular formula is C20H35NO9P2. The first kappa shape index (κ1) is 28.8. The smallest absolute Gasteiger partial charge is 0.407 e. The van der Waals surface area contributed by atoms with Crippen LogP contribution in [0.15, 0.2) is 30.3 Å². The van der Waals surface area contributed by atoms with Gasteiger partial charge in [0.05, 0.1) is 26.4 Å². The summed E-state index contributed by atoms with van der Waals surface area (Å²) in [4.78, 5) is 11.9. The van der Waals surface area contributed by atoms with Gasteiger partial charge in [0.15, 0.2) is 0 Å². The molecule has 0 radical (unpaired) electrons. The maximum atomic E-state index is 13.5. The molecule has 0 unspecified atom stereocenters. The van der Waals surface area contributed by atoms with Gasteiger partial charge < -0.3 is 33.3 Å². The van der Waals surface area contributed by atoms with Crippen LogP contribution in [0.25, 0.3) is 0 Å². The van der Waals surface area contributed by atoms with Crippen molar-refractivity contribution >= 4 is 21.3 Å². The molecule has 0 saturated heterocycles. The summed E-state index contributed by atoms with van der Waals surface area (Å²) in [6.07, 6.45) is -0.917. The van der Waals surface area contributed by atoms with Gasteiger partial charge >= 0.3 is 21.3 Å². The predicted molar refractivity (Wildman–Crippen MR) is 121 cm³/mol. The molecule has 10 nitrogen and oxygen atoms in total. The number of hydrogen-bond acceptors (Lipinski definition) is 9. The van der Waals surface area contributed by atoms with Crippen LogP contribution in [0, 0.1) is 0 Å². The number of hydrogen-bond donors (Lipinski definition) is 2. The van der Waals surface area contributed by atoms with Crippen molar-refractivity contribution in [3.8, 4) is 0 Å². The van der Waals surface area contributed by atoms with Crippen molar-refractivity contribution in [1.82, 2.24) is 5.32 Å². The first-order valence-electron chi connectivity index (χ1n) is 10.7. The summed E-state index contributed by atoms with van der Waals surface area (Å²) in [6, 6.07) is 9.18. The van der Waals surface area contributed by atoms with Crippen molar-refractivity contribution in [3.05, 3.63) is 35.9 Å². The Labute approximate surface area is 190 Å². The Morgan fingerprint density at radius 1 is 0.906 bits per heavy atom. The Morgan fingerprint density at radius 2 is 1.38 bits per heavy atom. The zero-order valence-electron chi connectivity index (χ0n) is 19.2. The van der Waals surface area contributed by atoms with E-state index in [2.05, 4.69) is 5.32 Å². The van der Waals surface area contributed by atoms with Crippen LogP contribution in [0.5, 0.6) is 0 Å². The fourth-order valence-corrected chi connectivity index (χ4v) is 7.97. The van der Waals surface area contributed by atoms with Crippen LogP contribution in [0.2, 0.25) is 0 Å². The van der Waals surface area contributed by atoms with Crippen molar-refractivity contribution in [2.45, 2.75) is 52.2 Å². The molecule has 0 aliphatic heterocycles. The van der Waals surface area contributed by atoms with Crippen LogP contribution in [0.4, 0.5) is 4.79 Å². The van der Waals surface area contributed by atoms with E-state index in [-0.39, 0.29) is 52.4 Å². The lowest BCUT2D eigenvalue weighted by Gasteiger charge is -2.38. The molecule has 1 aromatic rings. The fraction of sp³-hybridized carbons (Fsp3) is 0.650. The number of amides is 1. The largest absolute Gasteiger partial charge is 0.445 e. The van der Waals surface area contributed by atoms with E-state index in [9.17, 15) is 19.0 Å². The highest BCUT2D eigenvalue weighted by molar-refractivity contribution is 7.73. The summed E-state index contributed by atoms with van der Waals surface area (Å²) in [5, 5.41) is 11.4. The highest BCUT2D eigenvalue weighted by atomic mass is 31.2. The third-order valence-corrected chi connectivity index (χ3v) is 10.3. The number of carbonyl (C=O) groups is 1. The molecule has 32 heavy (non-hydrogen) atoms. The van der Waals surface area contributed by atoms with E-state index in [1.54, 1.807) is 27.7 Å². The van der Waals surface area contributed by atoms with Crippen LogP contribution in [0.3, 0.4) is 0 Å². The molecule has 0 fully saturated rings. The summed E-state index contributed by atoms with van der Waals surface area (Å²) < 4.78 is 53.2. The van der Waals surface area contributed by atoms with E-state index in [1.807, 2.05) is 30.3 Å². The molecule has 2 N–H and O–H groups in total. The van der Waals surface area contributed by atoms with Crippen LogP contribution in [0.1, 0.15) is 46.1 Å². The van der Waals surface area contributed by atoms with Crippen LogP contribution >= 0.6 is 15.2 Å². The van der Waals surface area contributed by atoms with Gasteiger partial charge in [-0.25, -0.2) is 4.79 Å². The topological polar surface area (TPSA) is 130 Å². The van der Waals surface area contributed by atoms with Crippen molar-refractivity contribution in [2.24, 2.45) is 0 Å². The van der Waals surface area contributed by atoms with Gasteiger partial charge in [-0.15, -0.1) is 0 Å². The zero-order valence-corrected chi connectivity index (χ0v) is 20.9. The maximum Gasteiger partial charge on any atom is 0.407 e. The standard InChI is InChI=1S/C20H35NO9P2/c1-5-27-31(24,28-6-2)20(23,32(25,29-7-3)30-8-4)15-12-16-21-19(22)26-17-18-13-10-9-11-14-18/h9-11,13-14,23H,5-8,12,15-17H2,1-4H3,(H,21,22). The molecule has 0 aliphatic rings. The number of aliphatic hydroxyl groups is 1. The van der Waals surface area contributed by atoms with E-state index in [0.29, 0.717) is 0 Å². The van der Waals surface area contributed by atoms with Crippen molar-refractivity contribution in [2.75, 3.05) is 33.0 Å². The molecule has 12 heteroatoms. The third-order valence-electron chi connectivity index (χ3n) is 4.24. The molecule has 0 aromatic heterocycles. The molecule has 0 aliphatic carbocycles. The fourth-order valence-electron chi connectivity index (χ4n) is 2.88.